The summed E-state index contributed by atoms with van der Waals surface area (Å²) in [5, 5.41) is 32.7. The van der Waals surface area contributed by atoms with Crippen molar-refractivity contribution in [3.63, 3.8) is 0 Å². The van der Waals surface area contributed by atoms with Gasteiger partial charge in [0.25, 0.3) is 11.8 Å². The molecule has 1 saturated heterocycles. The first kappa shape index (κ1) is 44.9. The Morgan fingerprint density at radius 1 is 0.841 bits per heavy atom. The molecule has 0 spiro atoms. The Bertz CT molecular complexity index is 2290. The van der Waals surface area contributed by atoms with Gasteiger partial charge in [0.2, 0.25) is 17.6 Å². The predicted octanol–water partition coefficient (Wildman–Crippen LogP) is 4.81. The number of carbonyl (C=O) groups is 6. The third-order valence-electron chi connectivity index (χ3n) is 12.8. The summed E-state index contributed by atoms with van der Waals surface area (Å²) in [6, 6.07) is 15.4. The van der Waals surface area contributed by atoms with Crippen molar-refractivity contribution in [2.75, 3.05) is 11.9 Å². The topological polar surface area (TPSA) is 231 Å². The predicted molar refractivity (Wildman–Crippen MR) is 236 cm³/mol. The molecule has 7 rings (SSSR count). The maximum atomic E-state index is 15.0. The van der Waals surface area contributed by atoms with Crippen LogP contribution in [0.15, 0.2) is 72.9 Å². The van der Waals surface area contributed by atoms with Gasteiger partial charge in [-0.1, -0.05) is 99.0 Å². The lowest BCUT2D eigenvalue weighted by Gasteiger charge is -2.32. The summed E-state index contributed by atoms with van der Waals surface area (Å²) in [6.07, 6.45) is 11.8. The van der Waals surface area contributed by atoms with Gasteiger partial charge in [0.05, 0.1) is 17.9 Å². The summed E-state index contributed by atoms with van der Waals surface area (Å²) in [4.78, 5) is 83.3. The molecule has 7 N–H and O–H groups in total. The van der Waals surface area contributed by atoms with Crippen LogP contribution in [0.5, 0.6) is 0 Å². The van der Waals surface area contributed by atoms with E-state index in [4.69, 9.17) is 5.73 Å². The number of likely N-dealkylation sites (tertiary alicyclic amines) is 1. The molecule has 16 heteroatoms. The number of nitrogens with one attached hydrogen (secondary N) is 4. The highest BCUT2D eigenvalue weighted by molar-refractivity contribution is 6.38. The van der Waals surface area contributed by atoms with Crippen molar-refractivity contribution < 1.29 is 33.9 Å². The standard InChI is InChI=1S/C47H59N9O7/c1-47(2,63)40-27-49-54-56(40)36-26-39(44(60)52-37(41(57)42(48)58)23-30-17-21-35(22-18-30)51-46(62)50-34-15-7-4-8-16-34)55(28-36)45(61)38(24-29-11-5-3-6-12-29)53-43(59)33-20-19-31-13-9-10-14-32(31)25-33/h9-10,13-14,17-22,25,27,29,34,36-39,63H,3-8,11-12,15-16,23-24,26,28H2,1-2H3,(H2,48,58)(H,52,60)(H,53,59)(H2,50,51,62)/t36-,37?,38?,39-/m0/s1. The van der Waals surface area contributed by atoms with Crippen molar-refractivity contribution in [2.24, 2.45) is 11.7 Å². The highest BCUT2D eigenvalue weighted by atomic mass is 16.3. The van der Waals surface area contributed by atoms with Crippen LogP contribution in [0.4, 0.5) is 10.5 Å². The average molecular weight is 862 g/mol. The van der Waals surface area contributed by atoms with E-state index in [0.717, 1.165) is 68.6 Å². The van der Waals surface area contributed by atoms with E-state index in [1.165, 1.54) is 22.2 Å². The molecule has 0 bridgehead atoms. The Hall–Kier alpha value is -6.16. The van der Waals surface area contributed by atoms with Crippen LogP contribution >= 0.6 is 0 Å². The molecule has 4 aromatic rings. The molecule has 63 heavy (non-hydrogen) atoms. The number of carbonyl (C=O) groups excluding carboxylic acids is 6. The van der Waals surface area contributed by atoms with Crippen molar-refractivity contribution in [3.05, 3.63) is 89.7 Å². The minimum Gasteiger partial charge on any atom is -0.384 e. The summed E-state index contributed by atoms with van der Waals surface area (Å²) in [5.74, 6) is -3.70. The van der Waals surface area contributed by atoms with Gasteiger partial charge in [-0.05, 0) is 79.6 Å². The molecule has 2 heterocycles. The van der Waals surface area contributed by atoms with Crippen molar-refractivity contribution in [1.82, 2.24) is 35.8 Å². The first-order valence-electron chi connectivity index (χ1n) is 22.3. The number of nitrogens with zero attached hydrogens (tertiary/aromatic N) is 4. The van der Waals surface area contributed by atoms with Crippen molar-refractivity contribution in [3.8, 4) is 0 Å². The van der Waals surface area contributed by atoms with Gasteiger partial charge in [-0.15, -0.1) is 5.10 Å². The first-order valence-corrected chi connectivity index (χ1v) is 22.3. The maximum Gasteiger partial charge on any atom is 0.319 e. The molecule has 3 aliphatic rings. The molecule has 0 radical (unpaired) electrons. The molecule has 2 unspecified atom stereocenters. The number of rotatable bonds is 15. The molecule has 334 valence electrons. The van der Waals surface area contributed by atoms with E-state index in [9.17, 15) is 29.1 Å². The summed E-state index contributed by atoms with van der Waals surface area (Å²) in [7, 11) is 0. The van der Waals surface area contributed by atoms with Crippen molar-refractivity contribution in [2.45, 2.75) is 133 Å². The zero-order valence-electron chi connectivity index (χ0n) is 36.1. The Morgan fingerprint density at radius 2 is 1.52 bits per heavy atom. The number of ketones is 1. The average Bonchev–Trinajstić information content (AvgIpc) is 3.96. The van der Waals surface area contributed by atoms with E-state index in [-0.39, 0.29) is 37.4 Å². The SMILES string of the molecule is CC(C)(O)c1cnnn1[C@H]1C[C@@H](C(=O)NC(Cc2ccc(NC(=O)NC3CCCCC3)cc2)C(=O)C(N)=O)N(C(=O)C(CC2CCCCC2)NC(=O)c2ccc3ccccc3c2)C1. The van der Waals surface area contributed by atoms with Crippen LogP contribution in [0.2, 0.25) is 0 Å². The molecule has 1 aliphatic heterocycles. The van der Waals surface area contributed by atoms with Gasteiger partial charge < -0.3 is 37.0 Å². The molecular formula is C47H59N9O7. The second-order valence-corrected chi connectivity index (χ2v) is 18.0. The number of primary amides is 1. The van der Waals surface area contributed by atoms with E-state index in [0.29, 0.717) is 28.9 Å². The molecule has 3 aromatic carbocycles. The van der Waals surface area contributed by atoms with Gasteiger partial charge in [0.15, 0.2) is 0 Å². The summed E-state index contributed by atoms with van der Waals surface area (Å²) < 4.78 is 1.51. The van der Waals surface area contributed by atoms with Crippen LogP contribution in [0.3, 0.4) is 0 Å². The van der Waals surface area contributed by atoms with E-state index < -0.39 is 59.2 Å². The van der Waals surface area contributed by atoms with Gasteiger partial charge >= 0.3 is 6.03 Å². The lowest BCUT2D eigenvalue weighted by Crippen LogP contribution is -2.56. The lowest BCUT2D eigenvalue weighted by molar-refractivity contribution is -0.142. The number of hydrogen-bond acceptors (Lipinski definition) is 9. The number of amides is 6. The summed E-state index contributed by atoms with van der Waals surface area (Å²) in [6.45, 7) is 3.15. The molecule has 2 aliphatic carbocycles. The number of urea groups is 1. The second-order valence-electron chi connectivity index (χ2n) is 18.0. The Morgan fingerprint density at radius 3 is 2.21 bits per heavy atom. The maximum absolute atomic E-state index is 15.0. The molecule has 16 nitrogen and oxygen atoms in total. The minimum atomic E-state index is -1.39. The fourth-order valence-electron chi connectivity index (χ4n) is 9.39. The van der Waals surface area contributed by atoms with Gasteiger partial charge in [0, 0.05) is 36.7 Å². The Balaban J connectivity index is 1.13. The van der Waals surface area contributed by atoms with Gasteiger partial charge in [-0.2, -0.15) is 0 Å². The van der Waals surface area contributed by atoms with E-state index in [2.05, 4.69) is 31.6 Å². The quantitative estimate of drug-likeness (QED) is 0.0900. The zero-order chi connectivity index (χ0) is 44.7. The highest BCUT2D eigenvalue weighted by Gasteiger charge is 2.45. The molecule has 6 amide bonds. The number of benzene rings is 3. The molecule has 2 saturated carbocycles. The molecule has 1 aromatic heterocycles. The number of aromatic nitrogens is 3. The number of nitrogens with two attached hydrogens (primary N) is 1. The Labute approximate surface area is 367 Å². The number of aliphatic hydroxyl groups is 1. The fraction of sp³-hybridized carbons (Fsp3) is 0.489. The third-order valence-corrected chi connectivity index (χ3v) is 12.8. The monoisotopic (exact) mass is 861 g/mol. The molecule has 4 atom stereocenters. The zero-order valence-corrected chi connectivity index (χ0v) is 36.1. The van der Waals surface area contributed by atoms with Crippen LogP contribution in [-0.2, 0) is 31.2 Å². The number of hydrogen-bond donors (Lipinski definition) is 6. The number of fused-ring (bicyclic) bond motifs is 1. The smallest absolute Gasteiger partial charge is 0.319 e. The van der Waals surface area contributed by atoms with Gasteiger partial charge in [-0.25, -0.2) is 9.48 Å². The first-order chi connectivity index (χ1) is 30.2. The fourth-order valence-corrected chi connectivity index (χ4v) is 9.39. The van der Waals surface area contributed by atoms with Crippen LogP contribution < -0.4 is 27.0 Å². The summed E-state index contributed by atoms with van der Waals surface area (Å²) in [5.41, 5.74) is 6.00. The third kappa shape index (κ3) is 11.3. The second kappa shape index (κ2) is 19.9. The summed E-state index contributed by atoms with van der Waals surface area (Å²) >= 11 is 0. The van der Waals surface area contributed by atoms with E-state index in [1.54, 1.807) is 50.2 Å². The van der Waals surface area contributed by atoms with Crippen molar-refractivity contribution in [1.29, 1.82) is 0 Å². The van der Waals surface area contributed by atoms with Gasteiger partial charge in [-0.3, -0.25) is 24.0 Å². The van der Waals surface area contributed by atoms with Crippen LogP contribution in [0.1, 0.15) is 119 Å². The normalized spacial score (nSPS) is 19.5. The van der Waals surface area contributed by atoms with Gasteiger partial charge in [0.1, 0.15) is 23.7 Å². The van der Waals surface area contributed by atoms with Crippen molar-refractivity contribution >= 4 is 51.9 Å². The molecular weight excluding hydrogens is 803 g/mol. The van der Waals surface area contributed by atoms with E-state index in [1.807, 2.05) is 30.3 Å². The largest absolute Gasteiger partial charge is 0.384 e. The van der Waals surface area contributed by atoms with Crippen LogP contribution in [0.25, 0.3) is 10.8 Å². The highest BCUT2D eigenvalue weighted by Crippen LogP contribution is 2.34. The van der Waals surface area contributed by atoms with Crippen LogP contribution in [-0.4, -0.2) is 91.2 Å². The Kier molecular flexibility index (Phi) is 14.2. The van der Waals surface area contributed by atoms with E-state index >= 15 is 4.79 Å². The van der Waals surface area contributed by atoms with Crippen LogP contribution in [0, 0.1) is 5.92 Å². The minimum absolute atomic E-state index is 0.0202. The lowest BCUT2D eigenvalue weighted by atomic mass is 9.84. The number of Topliss-reactive ketones (excluding diaryl/α,β-unsaturated/α-hetero) is 1. The molecule has 3 fully saturated rings. The number of anilines is 1.